The molecule has 0 radical (unpaired) electrons. The minimum absolute atomic E-state index is 0.124. The van der Waals surface area contributed by atoms with Crippen LogP contribution in [0.25, 0.3) is 0 Å². The van der Waals surface area contributed by atoms with Crippen LogP contribution in [0, 0.1) is 11.6 Å². The molecule has 4 N–H and O–H groups in total. The normalized spacial score (nSPS) is 12.0. The second-order valence-corrected chi connectivity index (χ2v) is 4.60. The molecule has 0 unspecified atom stereocenters. The predicted octanol–water partition coefficient (Wildman–Crippen LogP) is 2.18. The van der Waals surface area contributed by atoms with E-state index in [0.29, 0.717) is 0 Å². The van der Waals surface area contributed by atoms with Gasteiger partial charge in [-0.05, 0) is 36.2 Å². The molecule has 0 saturated heterocycles. The van der Waals surface area contributed by atoms with Crippen molar-refractivity contribution in [2.45, 2.75) is 12.5 Å². The van der Waals surface area contributed by atoms with Crippen LogP contribution in [0.5, 0.6) is 5.75 Å². The molecule has 0 aliphatic rings. The summed E-state index contributed by atoms with van der Waals surface area (Å²) >= 11 is 0. The lowest BCUT2D eigenvalue weighted by Crippen LogP contribution is -2.37. The molecule has 1 atom stereocenters. The average Bonchev–Trinajstić information content (AvgIpc) is 2.45. The molecular formula is C15H14F2N2O2. The van der Waals surface area contributed by atoms with E-state index < -0.39 is 23.6 Å². The highest BCUT2D eigenvalue weighted by Crippen LogP contribution is 2.14. The monoisotopic (exact) mass is 292 g/mol. The highest BCUT2D eigenvalue weighted by Gasteiger charge is 2.15. The summed E-state index contributed by atoms with van der Waals surface area (Å²) in [5.41, 5.74) is 6.68. The molecule has 21 heavy (non-hydrogen) atoms. The van der Waals surface area contributed by atoms with E-state index in [0.717, 1.165) is 17.7 Å². The van der Waals surface area contributed by atoms with Crippen LogP contribution in [0.4, 0.5) is 14.5 Å². The fraction of sp³-hybridized carbons (Fsp3) is 0.133. The number of nitrogens with one attached hydrogen (secondary N) is 1. The molecule has 4 nitrogen and oxygen atoms in total. The van der Waals surface area contributed by atoms with Crippen molar-refractivity contribution in [2.75, 3.05) is 5.32 Å². The molecule has 0 aliphatic carbocycles. The van der Waals surface area contributed by atoms with Gasteiger partial charge in [0.1, 0.15) is 5.75 Å². The largest absolute Gasteiger partial charge is 0.508 e. The van der Waals surface area contributed by atoms with Gasteiger partial charge in [0.15, 0.2) is 11.6 Å². The van der Waals surface area contributed by atoms with Crippen molar-refractivity contribution in [1.82, 2.24) is 0 Å². The number of aromatic hydroxyl groups is 1. The Morgan fingerprint density at radius 1 is 1.14 bits per heavy atom. The molecule has 2 aromatic rings. The summed E-state index contributed by atoms with van der Waals surface area (Å²) in [6, 6.07) is 8.52. The zero-order chi connectivity index (χ0) is 15.4. The molecule has 0 aromatic heterocycles. The average molecular weight is 292 g/mol. The van der Waals surface area contributed by atoms with Crippen LogP contribution in [0.15, 0.2) is 42.5 Å². The number of amides is 1. The molecule has 0 bridgehead atoms. The summed E-state index contributed by atoms with van der Waals surface area (Å²) in [4.78, 5) is 11.9. The number of rotatable bonds is 4. The minimum atomic E-state index is -1.04. The van der Waals surface area contributed by atoms with Gasteiger partial charge in [0, 0.05) is 11.8 Å². The number of carbonyl (C=O) groups is 1. The minimum Gasteiger partial charge on any atom is -0.508 e. The summed E-state index contributed by atoms with van der Waals surface area (Å²) in [6.45, 7) is 0. The maximum Gasteiger partial charge on any atom is 0.241 e. The number of halogens is 2. The van der Waals surface area contributed by atoms with E-state index in [1.807, 2.05) is 0 Å². The van der Waals surface area contributed by atoms with E-state index in [1.54, 1.807) is 12.1 Å². The van der Waals surface area contributed by atoms with Crippen molar-refractivity contribution >= 4 is 11.6 Å². The van der Waals surface area contributed by atoms with Crippen LogP contribution in [0.3, 0.4) is 0 Å². The molecule has 0 saturated carbocycles. The number of anilines is 1. The van der Waals surface area contributed by atoms with Crippen LogP contribution in [0.1, 0.15) is 5.56 Å². The fourth-order valence-electron chi connectivity index (χ4n) is 1.79. The zero-order valence-corrected chi connectivity index (χ0v) is 11.0. The Kier molecular flexibility index (Phi) is 4.49. The Labute approximate surface area is 120 Å². The van der Waals surface area contributed by atoms with E-state index >= 15 is 0 Å². The lowest BCUT2D eigenvalue weighted by Gasteiger charge is -2.12. The number of carbonyl (C=O) groups excluding carboxylic acids is 1. The van der Waals surface area contributed by atoms with Crippen molar-refractivity contribution in [3.8, 4) is 5.75 Å². The van der Waals surface area contributed by atoms with E-state index in [-0.39, 0.29) is 17.9 Å². The maximum absolute atomic E-state index is 13.0. The molecule has 0 heterocycles. The summed E-state index contributed by atoms with van der Waals surface area (Å²) < 4.78 is 25.8. The number of hydrogen-bond donors (Lipinski definition) is 3. The first-order valence-corrected chi connectivity index (χ1v) is 6.25. The Morgan fingerprint density at radius 3 is 2.43 bits per heavy atom. The first-order chi connectivity index (χ1) is 9.95. The number of phenolic OH excluding ortho intramolecular Hbond substituents is 1. The highest BCUT2D eigenvalue weighted by atomic mass is 19.2. The second-order valence-electron chi connectivity index (χ2n) is 4.60. The number of benzene rings is 2. The molecule has 0 spiro atoms. The topological polar surface area (TPSA) is 75.3 Å². The zero-order valence-electron chi connectivity index (χ0n) is 11.0. The van der Waals surface area contributed by atoms with Crippen molar-refractivity contribution in [1.29, 1.82) is 0 Å². The van der Waals surface area contributed by atoms with Gasteiger partial charge in [-0.15, -0.1) is 0 Å². The van der Waals surface area contributed by atoms with Crippen LogP contribution in [0.2, 0.25) is 0 Å². The van der Waals surface area contributed by atoms with Gasteiger partial charge in [-0.3, -0.25) is 4.79 Å². The van der Waals surface area contributed by atoms with Crippen molar-refractivity contribution in [3.63, 3.8) is 0 Å². The summed E-state index contributed by atoms with van der Waals surface area (Å²) in [6.07, 6.45) is 0.260. The van der Waals surface area contributed by atoms with Crippen LogP contribution in [-0.2, 0) is 11.2 Å². The van der Waals surface area contributed by atoms with Gasteiger partial charge >= 0.3 is 0 Å². The quantitative estimate of drug-likeness (QED) is 0.808. The van der Waals surface area contributed by atoms with E-state index in [2.05, 4.69) is 5.32 Å². The molecule has 1 amide bonds. The van der Waals surface area contributed by atoms with E-state index in [1.165, 1.54) is 18.2 Å². The van der Waals surface area contributed by atoms with Crippen LogP contribution in [-0.4, -0.2) is 17.1 Å². The molecule has 2 aromatic carbocycles. The van der Waals surface area contributed by atoms with Crippen LogP contribution >= 0.6 is 0 Å². The molecular weight excluding hydrogens is 278 g/mol. The fourth-order valence-corrected chi connectivity index (χ4v) is 1.79. The predicted molar refractivity (Wildman–Crippen MR) is 74.8 cm³/mol. The van der Waals surface area contributed by atoms with Crippen molar-refractivity contribution in [2.24, 2.45) is 5.73 Å². The second kappa shape index (κ2) is 6.32. The third kappa shape index (κ3) is 4.00. The Morgan fingerprint density at radius 2 is 1.81 bits per heavy atom. The summed E-state index contributed by atoms with van der Waals surface area (Å²) in [7, 11) is 0. The van der Waals surface area contributed by atoms with Gasteiger partial charge in [-0.1, -0.05) is 12.1 Å². The van der Waals surface area contributed by atoms with Crippen LogP contribution < -0.4 is 11.1 Å². The standard InChI is InChI=1S/C15H14F2N2O2/c16-12-6-3-10(8-13(12)17)19-15(21)14(18)7-9-1-4-11(20)5-2-9/h1-6,8,14,20H,7,18H2,(H,19,21)/t14-/m1/s1. The summed E-state index contributed by atoms with van der Waals surface area (Å²) in [5.74, 6) is -2.41. The Balaban J connectivity index is 1.98. The van der Waals surface area contributed by atoms with Gasteiger partial charge in [0.25, 0.3) is 0 Å². The molecule has 0 aliphatic heterocycles. The van der Waals surface area contributed by atoms with Gasteiger partial charge in [-0.2, -0.15) is 0 Å². The van der Waals surface area contributed by atoms with Gasteiger partial charge in [0.05, 0.1) is 6.04 Å². The highest BCUT2D eigenvalue weighted by molar-refractivity contribution is 5.94. The Hall–Kier alpha value is -2.47. The van der Waals surface area contributed by atoms with Gasteiger partial charge in [-0.25, -0.2) is 8.78 Å². The first kappa shape index (κ1) is 14.9. The first-order valence-electron chi connectivity index (χ1n) is 6.25. The number of nitrogens with two attached hydrogens (primary N) is 1. The van der Waals surface area contributed by atoms with Crippen molar-refractivity contribution in [3.05, 3.63) is 59.7 Å². The van der Waals surface area contributed by atoms with E-state index in [9.17, 15) is 13.6 Å². The maximum atomic E-state index is 13.0. The number of phenols is 1. The third-order valence-electron chi connectivity index (χ3n) is 2.92. The molecule has 2 rings (SSSR count). The lowest BCUT2D eigenvalue weighted by molar-refractivity contribution is -0.117. The molecule has 6 heteroatoms. The number of hydrogen-bond acceptors (Lipinski definition) is 3. The third-order valence-corrected chi connectivity index (χ3v) is 2.92. The summed E-state index contributed by atoms with van der Waals surface area (Å²) in [5, 5.41) is 11.6. The van der Waals surface area contributed by atoms with Gasteiger partial charge < -0.3 is 16.2 Å². The SMILES string of the molecule is N[C@H](Cc1ccc(O)cc1)C(=O)Nc1ccc(F)c(F)c1. The van der Waals surface area contributed by atoms with E-state index in [4.69, 9.17) is 10.8 Å². The lowest BCUT2D eigenvalue weighted by atomic mass is 10.1. The smallest absolute Gasteiger partial charge is 0.241 e. The molecule has 110 valence electrons. The van der Waals surface area contributed by atoms with Gasteiger partial charge in [0.2, 0.25) is 5.91 Å². The molecule has 0 fully saturated rings. The van der Waals surface area contributed by atoms with Crippen molar-refractivity contribution < 1.29 is 18.7 Å². The Bertz CT molecular complexity index is 645.